The second-order valence-corrected chi connectivity index (χ2v) is 6.02. The first-order valence-corrected chi connectivity index (χ1v) is 7.17. The zero-order valence-electron chi connectivity index (χ0n) is 12.0. The monoisotopic (exact) mass is 303 g/mol. The molecule has 3 atom stereocenters. The summed E-state index contributed by atoms with van der Waals surface area (Å²) in [6.45, 7) is 2.09. The average Bonchev–Trinajstić information content (AvgIpc) is 3.00. The quantitative estimate of drug-likeness (QED) is 0.894. The van der Waals surface area contributed by atoms with E-state index in [1.54, 1.807) is 6.20 Å². The number of aromatic nitrogens is 2. The molecule has 0 fully saturated rings. The summed E-state index contributed by atoms with van der Waals surface area (Å²) >= 11 is 5.97. The lowest BCUT2D eigenvalue weighted by Gasteiger charge is -2.44. The van der Waals surface area contributed by atoms with Crippen molar-refractivity contribution in [1.82, 2.24) is 15.1 Å². The van der Waals surface area contributed by atoms with Gasteiger partial charge in [-0.2, -0.15) is 5.10 Å². The Hall–Kier alpha value is -1.69. The zero-order valence-corrected chi connectivity index (χ0v) is 12.7. The fourth-order valence-electron chi connectivity index (χ4n) is 2.76. The number of hydrogen-bond acceptors (Lipinski definition) is 4. The molecule has 3 N–H and O–H groups in total. The fraction of sp³-hybridized carbons (Fsp3) is 0.333. The summed E-state index contributed by atoms with van der Waals surface area (Å²) in [5, 5.41) is 7.51. The maximum Gasteiger partial charge on any atom is 0.131 e. The van der Waals surface area contributed by atoms with Crippen molar-refractivity contribution in [3.63, 3.8) is 0 Å². The van der Waals surface area contributed by atoms with Gasteiger partial charge in [0.1, 0.15) is 6.17 Å². The molecule has 1 aromatic heterocycles. The molecule has 6 heteroatoms. The normalized spacial score (nSPS) is 29.7. The number of nitrogens with two attached hydrogens (primary N) is 1. The first-order chi connectivity index (χ1) is 10.0. The van der Waals surface area contributed by atoms with Crippen LogP contribution in [0, 0.1) is 0 Å². The van der Waals surface area contributed by atoms with Gasteiger partial charge in [-0.15, -0.1) is 0 Å². The van der Waals surface area contributed by atoms with Crippen molar-refractivity contribution in [2.75, 3.05) is 7.05 Å². The van der Waals surface area contributed by atoms with Crippen LogP contribution in [0.3, 0.4) is 0 Å². The van der Waals surface area contributed by atoms with Crippen molar-refractivity contribution in [1.29, 1.82) is 0 Å². The molecular weight excluding hydrogens is 286 g/mol. The molecule has 2 heterocycles. The number of nitrogens with zero attached hydrogens (tertiary/aromatic N) is 3. The predicted octanol–water partition coefficient (Wildman–Crippen LogP) is 2.32. The fourth-order valence-corrected chi connectivity index (χ4v) is 2.89. The molecule has 0 amide bonds. The van der Waals surface area contributed by atoms with Gasteiger partial charge in [0.05, 0.1) is 17.8 Å². The van der Waals surface area contributed by atoms with Gasteiger partial charge in [-0.05, 0) is 31.7 Å². The van der Waals surface area contributed by atoms with Gasteiger partial charge < -0.3 is 5.73 Å². The molecule has 0 bridgehead atoms. The van der Waals surface area contributed by atoms with Crippen LogP contribution in [-0.2, 0) is 5.41 Å². The predicted molar refractivity (Wildman–Crippen MR) is 84.4 cm³/mol. The molecule has 5 nitrogen and oxygen atoms in total. The minimum atomic E-state index is -0.362. The van der Waals surface area contributed by atoms with E-state index in [2.05, 4.69) is 27.0 Å². The number of halogens is 1. The maximum atomic E-state index is 6.49. The Kier molecular flexibility index (Phi) is 3.57. The number of nitrogens with one attached hydrogen (secondary N) is 1. The summed E-state index contributed by atoms with van der Waals surface area (Å²) in [6, 6.07) is 7.76. The summed E-state index contributed by atoms with van der Waals surface area (Å²) in [5.74, 6) is 0. The number of aliphatic imine (C=N–C) groups is 1. The Morgan fingerprint density at radius 3 is 2.67 bits per heavy atom. The van der Waals surface area contributed by atoms with Gasteiger partial charge in [0.2, 0.25) is 0 Å². The highest BCUT2D eigenvalue weighted by Crippen LogP contribution is 2.35. The summed E-state index contributed by atoms with van der Waals surface area (Å²) in [6.07, 6.45) is 5.25. The zero-order chi connectivity index (χ0) is 15.0. The number of likely N-dealkylation sites (N-methyl/N-ethyl adjacent to an activating group) is 1. The first kappa shape index (κ1) is 14.3. The molecule has 110 valence electrons. The van der Waals surface area contributed by atoms with Crippen molar-refractivity contribution in [3.8, 4) is 0 Å². The minimum Gasteiger partial charge on any atom is -0.315 e. The lowest BCUT2D eigenvalue weighted by molar-refractivity contribution is 0.129. The third kappa shape index (κ3) is 2.37. The molecular formula is C15H18ClN5. The molecule has 0 saturated carbocycles. The Labute approximate surface area is 128 Å². The van der Waals surface area contributed by atoms with E-state index in [9.17, 15) is 0 Å². The lowest BCUT2D eigenvalue weighted by atomic mass is 9.79. The molecule has 1 aliphatic rings. The van der Waals surface area contributed by atoms with E-state index in [1.165, 1.54) is 0 Å². The molecule has 0 aliphatic carbocycles. The highest BCUT2D eigenvalue weighted by atomic mass is 35.5. The number of hydrogen-bond donors (Lipinski definition) is 2. The Balaban J connectivity index is 1.98. The van der Waals surface area contributed by atoms with E-state index < -0.39 is 0 Å². The molecule has 1 aromatic carbocycles. The first-order valence-electron chi connectivity index (χ1n) is 6.79. The van der Waals surface area contributed by atoms with Crippen LogP contribution in [0.5, 0.6) is 0 Å². The number of H-pyrrole nitrogens is 1. The van der Waals surface area contributed by atoms with Gasteiger partial charge in [-0.3, -0.25) is 15.0 Å². The highest BCUT2D eigenvalue weighted by Gasteiger charge is 2.41. The van der Waals surface area contributed by atoms with Crippen LogP contribution in [0.15, 0.2) is 41.7 Å². The third-order valence-corrected chi connectivity index (χ3v) is 4.46. The van der Waals surface area contributed by atoms with Crippen molar-refractivity contribution in [3.05, 3.63) is 52.8 Å². The number of rotatable bonds is 2. The van der Waals surface area contributed by atoms with E-state index in [1.807, 2.05) is 43.7 Å². The smallest absolute Gasteiger partial charge is 0.131 e. The number of benzene rings is 1. The van der Waals surface area contributed by atoms with Crippen molar-refractivity contribution < 1.29 is 0 Å². The highest BCUT2D eigenvalue weighted by molar-refractivity contribution is 6.30. The van der Waals surface area contributed by atoms with Crippen LogP contribution in [0.1, 0.15) is 24.2 Å². The SMILES string of the molecule is CN1C(c2cn[nH]c2)N=CC(C)(c2ccc(Cl)cc2)C1N. The summed E-state index contributed by atoms with van der Waals surface area (Å²) in [7, 11) is 1.98. The van der Waals surface area contributed by atoms with Gasteiger partial charge in [0.25, 0.3) is 0 Å². The van der Waals surface area contributed by atoms with E-state index in [4.69, 9.17) is 17.3 Å². The second-order valence-electron chi connectivity index (χ2n) is 5.58. The standard InChI is InChI=1S/C15H18ClN5/c1-15(11-3-5-12(16)6-4-11)9-18-13(21(2)14(15)17)10-7-19-20-8-10/h3-9,13-14H,17H2,1-2H3,(H,19,20). The average molecular weight is 304 g/mol. The summed E-state index contributed by atoms with van der Waals surface area (Å²) in [4.78, 5) is 6.74. The van der Waals surface area contributed by atoms with Gasteiger partial charge in [0.15, 0.2) is 0 Å². The van der Waals surface area contributed by atoms with Crippen LogP contribution in [0.4, 0.5) is 0 Å². The molecule has 0 saturated heterocycles. The minimum absolute atomic E-state index is 0.112. The maximum absolute atomic E-state index is 6.49. The second kappa shape index (κ2) is 5.26. The van der Waals surface area contributed by atoms with E-state index in [-0.39, 0.29) is 17.7 Å². The van der Waals surface area contributed by atoms with Crippen LogP contribution in [0.2, 0.25) is 5.02 Å². The molecule has 3 unspecified atom stereocenters. The molecule has 0 radical (unpaired) electrons. The van der Waals surface area contributed by atoms with Crippen LogP contribution < -0.4 is 5.73 Å². The lowest BCUT2D eigenvalue weighted by Crippen LogP contribution is -2.57. The van der Waals surface area contributed by atoms with E-state index in [0.29, 0.717) is 5.02 Å². The van der Waals surface area contributed by atoms with Crippen molar-refractivity contribution >= 4 is 17.8 Å². The van der Waals surface area contributed by atoms with E-state index >= 15 is 0 Å². The van der Waals surface area contributed by atoms with Gasteiger partial charge in [0, 0.05) is 23.0 Å². The molecule has 0 spiro atoms. The Morgan fingerprint density at radius 2 is 2.05 bits per heavy atom. The Morgan fingerprint density at radius 1 is 1.33 bits per heavy atom. The van der Waals surface area contributed by atoms with Crippen LogP contribution in [0.25, 0.3) is 0 Å². The number of aromatic amines is 1. The van der Waals surface area contributed by atoms with Gasteiger partial charge >= 0.3 is 0 Å². The van der Waals surface area contributed by atoms with E-state index in [0.717, 1.165) is 11.1 Å². The van der Waals surface area contributed by atoms with Gasteiger partial charge in [-0.1, -0.05) is 23.7 Å². The van der Waals surface area contributed by atoms with Crippen LogP contribution >= 0.6 is 11.6 Å². The summed E-state index contributed by atoms with van der Waals surface area (Å²) < 4.78 is 0. The van der Waals surface area contributed by atoms with Crippen molar-refractivity contribution in [2.45, 2.75) is 24.7 Å². The molecule has 21 heavy (non-hydrogen) atoms. The van der Waals surface area contributed by atoms with Crippen molar-refractivity contribution in [2.24, 2.45) is 10.7 Å². The third-order valence-electron chi connectivity index (χ3n) is 4.21. The molecule has 1 aliphatic heterocycles. The Bertz CT molecular complexity index is 637. The molecule has 2 aromatic rings. The van der Waals surface area contributed by atoms with Crippen LogP contribution in [-0.4, -0.2) is 34.5 Å². The van der Waals surface area contributed by atoms with Gasteiger partial charge in [-0.25, -0.2) is 0 Å². The largest absolute Gasteiger partial charge is 0.315 e. The summed E-state index contributed by atoms with van der Waals surface area (Å²) in [5.41, 5.74) is 8.23. The topological polar surface area (TPSA) is 70.3 Å². The molecule has 3 rings (SSSR count).